The molecule has 1 atom stereocenters. The molecule has 0 radical (unpaired) electrons. The quantitative estimate of drug-likeness (QED) is 0.478. The summed E-state index contributed by atoms with van der Waals surface area (Å²) in [5, 5.41) is 3.12. The summed E-state index contributed by atoms with van der Waals surface area (Å²) < 4.78 is 1.08. The van der Waals surface area contributed by atoms with E-state index in [1.807, 2.05) is 42.1 Å². The number of amides is 1. The number of thioether (sulfide) groups is 1. The Hall–Kier alpha value is -2.37. The molecule has 3 aromatic rings. The molecule has 4 rings (SSSR count). The monoisotopic (exact) mass is 450 g/mol. The normalized spacial score (nSPS) is 15.9. The molecule has 0 aliphatic carbocycles. The van der Waals surface area contributed by atoms with Crippen LogP contribution in [-0.4, -0.2) is 11.6 Å². The van der Waals surface area contributed by atoms with E-state index in [9.17, 15) is 4.79 Å². The summed E-state index contributed by atoms with van der Waals surface area (Å²) in [5.74, 6) is -0.0760. The lowest BCUT2D eigenvalue weighted by Crippen LogP contribution is -2.09. The molecule has 0 aromatic heterocycles. The Morgan fingerprint density at radius 2 is 1.89 bits per heavy atom. The number of hydrogen-bond acceptors (Lipinski definition) is 3. The van der Waals surface area contributed by atoms with Crippen LogP contribution >= 0.6 is 27.7 Å². The summed E-state index contributed by atoms with van der Waals surface area (Å²) in [6.45, 7) is 1.52. The number of nitrogens with zero attached hydrogens (tertiary/aromatic N) is 1. The highest BCUT2D eigenvalue weighted by Crippen LogP contribution is 2.45. The van der Waals surface area contributed by atoms with E-state index in [1.54, 1.807) is 0 Å². The number of halogens is 1. The first-order valence-electron chi connectivity index (χ1n) is 9.05. The van der Waals surface area contributed by atoms with E-state index in [2.05, 4.69) is 63.7 Å². The molecular weight excluding hydrogens is 432 g/mol. The lowest BCUT2D eigenvalue weighted by atomic mass is 10.0. The molecule has 1 aliphatic heterocycles. The fourth-order valence-electron chi connectivity index (χ4n) is 3.27. The molecule has 1 N–H and O–H groups in total. The molecule has 0 saturated heterocycles. The van der Waals surface area contributed by atoms with Crippen LogP contribution in [0.2, 0.25) is 0 Å². The van der Waals surface area contributed by atoms with Gasteiger partial charge in [0.05, 0.1) is 5.69 Å². The van der Waals surface area contributed by atoms with Crippen molar-refractivity contribution in [2.45, 2.75) is 23.5 Å². The van der Waals surface area contributed by atoms with Gasteiger partial charge in [-0.05, 0) is 47.5 Å². The standard InChI is InChI=1S/C23H19BrN2OS/c1-15(27)25-19-9-5-6-16(13-19)21-14-23(17-7-4-8-18(24)12-17)28-22-11-3-2-10-20(22)26-21/h2-13,23H,14H2,1H3,(H,25,27)/t23-/m1/s1. The summed E-state index contributed by atoms with van der Waals surface area (Å²) in [6, 6.07) is 24.6. The van der Waals surface area contributed by atoms with Gasteiger partial charge in [0, 0.05) is 39.4 Å². The number of rotatable bonds is 3. The van der Waals surface area contributed by atoms with E-state index in [0.29, 0.717) is 0 Å². The molecule has 140 valence electrons. The van der Waals surface area contributed by atoms with Crippen LogP contribution in [0.15, 0.2) is 87.2 Å². The number of aliphatic imine (C=N–C) groups is 1. The maximum absolute atomic E-state index is 11.4. The minimum Gasteiger partial charge on any atom is -0.326 e. The number of hydrogen-bond donors (Lipinski definition) is 1. The Bertz CT molecular complexity index is 1060. The second-order valence-electron chi connectivity index (χ2n) is 6.65. The van der Waals surface area contributed by atoms with Crippen LogP contribution in [0.1, 0.15) is 29.7 Å². The van der Waals surface area contributed by atoms with Crippen molar-refractivity contribution >= 4 is 50.7 Å². The van der Waals surface area contributed by atoms with Gasteiger partial charge in [-0.15, -0.1) is 11.8 Å². The third-order valence-corrected chi connectivity index (χ3v) is 6.32. The summed E-state index contributed by atoms with van der Waals surface area (Å²) in [4.78, 5) is 17.6. The fraction of sp³-hybridized carbons (Fsp3) is 0.130. The highest BCUT2D eigenvalue weighted by atomic mass is 79.9. The van der Waals surface area contributed by atoms with Crippen molar-refractivity contribution in [3.8, 4) is 0 Å². The molecule has 3 nitrogen and oxygen atoms in total. The first kappa shape index (κ1) is 19.0. The Balaban J connectivity index is 1.77. The number of carbonyl (C=O) groups is 1. The van der Waals surface area contributed by atoms with E-state index >= 15 is 0 Å². The second kappa shape index (κ2) is 8.33. The highest BCUT2D eigenvalue weighted by Gasteiger charge is 2.22. The summed E-state index contributed by atoms with van der Waals surface area (Å²) in [6.07, 6.45) is 0.805. The Morgan fingerprint density at radius 3 is 2.71 bits per heavy atom. The van der Waals surface area contributed by atoms with E-state index in [1.165, 1.54) is 17.4 Å². The van der Waals surface area contributed by atoms with Crippen molar-refractivity contribution in [1.82, 2.24) is 0 Å². The van der Waals surface area contributed by atoms with Gasteiger partial charge in [-0.1, -0.05) is 52.3 Å². The largest absolute Gasteiger partial charge is 0.326 e. The summed E-state index contributed by atoms with van der Waals surface area (Å²) >= 11 is 5.44. The minimum atomic E-state index is -0.0760. The molecule has 1 amide bonds. The lowest BCUT2D eigenvalue weighted by molar-refractivity contribution is -0.114. The van der Waals surface area contributed by atoms with Crippen LogP contribution in [0.4, 0.5) is 11.4 Å². The van der Waals surface area contributed by atoms with Gasteiger partial charge in [-0.2, -0.15) is 0 Å². The van der Waals surface area contributed by atoms with Gasteiger partial charge in [0.15, 0.2) is 0 Å². The van der Waals surface area contributed by atoms with Crippen LogP contribution < -0.4 is 5.32 Å². The van der Waals surface area contributed by atoms with E-state index in [-0.39, 0.29) is 11.2 Å². The maximum atomic E-state index is 11.4. The minimum absolute atomic E-state index is 0.0760. The number of carbonyl (C=O) groups excluding carboxylic acids is 1. The Morgan fingerprint density at radius 1 is 1.07 bits per heavy atom. The number of benzene rings is 3. The maximum Gasteiger partial charge on any atom is 0.221 e. The van der Waals surface area contributed by atoms with Gasteiger partial charge in [0.25, 0.3) is 0 Å². The third kappa shape index (κ3) is 4.37. The van der Waals surface area contributed by atoms with E-state index in [0.717, 1.165) is 33.5 Å². The van der Waals surface area contributed by atoms with Gasteiger partial charge in [0.1, 0.15) is 0 Å². The lowest BCUT2D eigenvalue weighted by Gasteiger charge is -2.17. The molecule has 0 fully saturated rings. The SMILES string of the molecule is CC(=O)Nc1cccc(C2=Nc3ccccc3S[C@@H](c3cccc(Br)c3)C2)c1. The molecule has 0 spiro atoms. The third-order valence-electron chi connectivity index (χ3n) is 4.51. The zero-order valence-corrected chi connectivity index (χ0v) is 17.8. The first-order valence-corrected chi connectivity index (χ1v) is 10.7. The molecule has 3 aromatic carbocycles. The molecule has 28 heavy (non-hydrogen) atoms. The molecule has 1 heterocycles. The predicted molar refractivity (Wildman–Crippen MR) is 121 cm³/mol. The zero-order valence-electron chi connectivity index (χ0n) is 15.4. The first-order chi connectivity index (χ1) is 13.6. The highest BCUT2D eigenvalue weighted by molar-refractivity contribution is 9.10. The number of fused-ring (bicyclic) bond motifs is 1. The van der Waals surface area contributed by atoms with Crippen molar-refractivity contribution in [3.05, 3.63) is 88.4 Å². The van der Waals surface area contributed by atoms with Gasteiger partial charge >= 0.3 is 0 Å². The molecule has 1 aliphatic rings. The fourth-order valence-corrected chi connectivity index (χ4v) is 4.90. The Labute approximate surface area is 177 Å². The Kier molecular flexibility index (Phi) is 5.64. The molecular formula is C23H19BrN2OS. The second-order valence-corrected chi connectivity index (χ2v) is 8.81. The van der Waals surface area contributed by atoms with Crippen molar-refractivity contribution in [2.75, 3.05) is 5.32 Å². The van der Waals surface area contributed by atoms with Crippen molar-refractivity contribution in [1.29, 1.82) is 0 Å². The average molecular weight is 451 g/mol. The predicted octanol–water partition coefficient (Wildman–Crippen LogP) is 6.77. The van der Waals surface area contributed by atoms with Crippen LogP contribution in [-0.2, 0) is 4.79 Å². The summed E-state index contributed by atoms with van der Waals surface area (Å²) in [7, 11) is 0. The van der Waals surface area contributed by atoms with Crippen LogP contribution in [0, 0.1) is 0 Å². The van der Waals surface area contributed by atoms with Crippen LogP contribution in [0.3, 0.4) is 0 Å². The van der Waals surface area contributed by atoms with Gasteiger partial charge < -0.3 is 5.32 Å². The molecule has 0 bridgehead atoms. The summed E-state index contributed by atoms with van der Waals surface area (Å²) in [5.41, 5.74) is 5.10. The molecule has 5 heteroatoms. The van der Waals surface area contributed by atoms with Crippen molar-refractivity contribution < 1.29 is 4.79 Å². The average Bonchev–Trinajstić information content (AvgIpc) is 2.87. The molecule has 0 saturated carbocycles. The number of anilines is 1. The van der Waals surface area contributed by atoms with Crippen molar-refractivity contribution in [2.24, 2.45) is 4.99 Å². The van der Waals surface area contributed by atoms with Gasteiger partial charge in [0.2, 0.25) is 5.91 Å². The van der Waals surface area contributed by atoms with E-state index in [4.69, 9.17) is 4.99 Å². The molecule has 0 unspecified atom stereocenters. The van der Waals surface area contributed by atoms with Gasteiger partial charge in [-0.3, -0.25) is 9.79 Å². The smallest absolute Gasteiger partial charge is 0.221 e. The van der Waals surface area contributed by atoms with Gasteiger partial charge in [-0.25, -0.2) is 0 Å². The topological polar surface area (TPSA) is 41.5 Å². The van der Waals surface area contributed by atoms with Crippen LogP contribution in [0.25, 0.3) is 0 Å². The van der Waals surface area contributed by atoms with Crippen LogP contribution in [0.5, 0.6) is 0 Å². The van der Waals surface area contributed by atoms with Crippen molar-refractivity contribution in [3.63, 3.8) is 0 Å². The number of para-hydroxylation sites is 1. The van der Waals surface area contributed by atoms with E-state index < -0.39 is 0 Å². The zero-order chi connectivity index (χ0) is 19.5. The number of nitrogens with one attached hydrogen (secondary N) is 1.